The van der Waals surface area contributed by atoms with Gasteiger partial charge in [-0.1, -0.05) is 60.7 Å². The fourth-order valence-electron chi connectivity index (χ4n) is 2.98. The molecule has 0 radical (unpaired) electrons. The van der Waals surface area contributed by atoms with Gasteiger partial charge in [0.1, 0.15) is 0 Å². The first kappa shape index (κ1) is 19.7. The Morgan fingerprint density at radius 3 is 1.89 bits per heavy atom. The van der Waals surface area contributed by atoms with Gasteiger partial charge in [0, 0.05) is 13.1 Å². The molecule has 0 bridgehead atoms. The number of nitro groups is 1. The number of hydrogen-bond donors (Lipinski definition) is 0. The van der Waals surface area contributed by atoms with Crippen LogP contribution in [0.5, 0.6) is 0 Å². The Hall–Kier alpha value is -3.10. The molecule has 6 nitrogen and oxygen atoms in total. The lowest BCUT2D eigenvalue weighted by Crippen LogP contribution is -2.32. The van der Waals surface area contributed by atoms with Crippen LogP contribution >= 0.6 is 0 Å². The van der Waals surface area contributed by atoms with E-state index < -0.39 is 32.5 Å². The Labute approximate surface area is 162 Å². The minimum atomic E-state index is -4.15. The maximum Gasteiger partial charge on any atom is 0.306 e. The molecule has 0 aliphatic rings. The van der Waals surface area contributed by atoms with E-state index >= 15 is 0 Å². The third-order valence-corrected chi connectivity index (χ3v) is 6.20. The van der Waals surface area contributed by atoms with Crippen molar-refractivity contribution in [3.05, 3.63) is 106 Å². The van der Waals surface area contributed by atoms with Gasteiger partial charge in [0.05, 0.1) is 15.9 Å². The van der Waals surface area contributed by atoms with E-state index in [2.05, 4.69) is 0 Å². The molecule has 3 aromatic rings. The summed E-state index contributed by atoms with van der Waals surface area (Å²) in [5.41, 5.74) is 0.582. The molecule has 0 spiro atoms. The molecule has 3 rings (SSSR count). The van der Waals surface area contributed by atoms with Crippen LogP contribution in [0.25, 0.3) is 0 Å². The Kier molecular flexibility index (Phi) is 5.53. The van der Waals surface area contributed by atoms with Crippen molar-refractivity contribution in [3.8, 4) is 0 Å². The van der Waals surface area contributed by atoms with Gasteiger partial charge >= 0.3 is 5.69 Å². The third-order valence-electron chi connectivity index (χ3n) is 4.39. The fourth-order valence-corrected chi connectivity index (χ4v) is 4.33. The van der Waals surface area contributed by atoms with Crippen molar-refractivity contribution in [1.29, 1.82) is 0 Å². The van der Waals surface area contributed by atoms with Crippen molar-refractivity contribution in [2.24, 2.45) is 0 Å². The quantitative estimate of drug-likeness (QED) is 0.460. The average molecular weight is 400 g/mol. The SMILES string of the molecule is CN(C(c1ccccc1)c1ccccc1)S(=O)(=O)c1ccc(F)c([N+](=O)[O-])c1. The molecule has 0 aliphatic carbocycles. The summed E-state index contributed by atoms with van der Waals surface area (Å²) in [7, 11) is -2.75. The van der Waals surface area contributed by atoms with Gasteiger partial charge in [0.2, 0.25) is 15.8 Å². The highest BCUT2D eigenvalue weighted by Gasteiger charge is 2.32. The highest BCUT2D eigenvalue weighted by Crippen LogP contribution is 2.33. The largest absolute Gasteiger partial charge is 0.306 e. The van der Waals surface area contributed by atoms with Crippen LogP contribution in [-0.2, 0) is 10.0 Å². The number of halogens is 1. The number of rotatable bonds is 6. The van der Waals surface area contributed by atoms with Crippen LogP contribution < -0.4 is 0 Å². The molecule has 0 aromatic heterocycles. The number of benzene rings is 3. The molecule has 0 aliphatic heterocycles. The van der Waals surface area contributed by atoms with Gasteiger partial charge in [0.25, 0.3) is 0 Å². The summed E-state index contributed by atoms with van der Waals surface area (Å²) in [6.45, 7) is 0. The van der Waals surface area contributed by atoms with E-state index in [1.807, 2.05) is 12.1 Å². The molecule has 0 amide bonds. The van der Waals surface area contributed by atoms with Crippen LogP contribution in [0.3, 0.4) is 0 Å². The first-order valence-electron chi connectivity index (χ1n) is 8.34. The monoisotopic (exact) mass is 400 g/mol. The summed E-state index contributed by atoms with van der Waals surface area (Å²) in [4.78, 5) is 9.71. The van der Waals surface area contributed by atoms with Crippen molar-refractivity contribution >= 4 is 15.7 Å². The van der Waals surface area contributed by atoms with Crippen molar-refractivity contribution in [2.75, 3.05) is 7.05 Å². The predicted molar refractivity (Wildman–Crippen MR) is 103 cm³/mol. The lowest BCUT2D eigenvalue weighted by molar-refractivity contribution is -0.387. The van der Waals surface area contributed by atoms with Gasteiger partial charge < -0.3 is 0 Å². The Morgan fingerprint density at radius 1 is 0.929 bits per heavy atom. The molecule has 0 saturated carbocycles. The maximum absolute atomic E-state index is 13.6. The minimum Gasteiger partial charge on any atom is -0.258 e. The molecular weight excluding hydrogens is 383 g/mol. The second-order valence-electron chi connectivity index (χ2n) is 6.12. The van der Waals surface area contributed by atoms with E-state index in [1.54, 1.807) is 48.5 Å². The number of nitro benzene ring substituents is 1. The van der Waals surface area contributed by atoms with Crippen molar-refractivity contribution in [3.63, 3.8) is 0 Å². The van der Waals surface area contributed by atoms with E-state index in [0.717, 1.165) is 33.6 Å². The van der Waals surface area contributed by atoms with Crippen LogP contribution in [0.1, 0.15) is 17.2 Å². The topological polar surface area (TPSA) is 80.5 Å². The summed E-state index contributed by atoms with van der Waals surface area (Å²) >= 11 is 0. The third kappa shape index (κ3) is 3.78. The fraction of sp³-hybridized carbons (Fsp3) is 0.100. The number of nitrogens with zero attached hydrogens (tertiary/aromatic N) is 2. The zero-order valence-corrected chi connectivity index (χ0v) is 15.7. The lowest BCUT2D eigenvalue weighted by Gasteiger charge is -2.28. The van der Waals surface area contributed by atoms with E-state index in [0.29, 0.717) is 0 Å². The van der Waals surface area contributed by atoms with E-state index in [9.17, 15) is 22.9 Å². The van der Waals surface area contributed by atoms with Gasteiger partial charge in [-0.3, -0.25) is 10.1 Å². The maximum atomic E-state index is 13.6. The van der Waals surface area contributed by atoms with E-state index in [4.69, 9.17) is 0 Å². The minimum absolute atomic E-state index is 0.347. The first-order valence-corrected chi connectivity index (χ1v) is 9.78. The molecule has 3 aromatic carbocycles. The Morgan fingerprint density at radius 2 is 1.43 bits per heavy atom. The standard InChI is InChI=1S/C20H17FN2O4S/c1-22(28(26,27)17-12-13-18(21)19(14-17)23(24)25)20(15-8-4-2-5-9-15)16-10-6-3-7-11-16/h2-14,20H,1H3. The summed E-state index contributed by atoms with van der Waals surface area (Å²) in [6, 6.07) is 20.0. The molecule has 0 heterocycles. The van der Waals surface area contributed by atoms with Crippen LogP contribution in [0.4, 0.5) is 10.1 Å². The zero-order chi connectivity index (χ0) is 20.3. The molecule has 0 unspecified atom stereocenters. The van der Waals surface area contributed by atoms with Gasteiger partial charge in [-0.2, -0.15) is 8.70 Å². The lowest BCUT2D eigenvalue weighted by atomic mass is 9.99. The van der Waals surface area contributed by atoms with Crippen LogP contribution in [0, 0.1) is 15.9 Å². The molecule has 144 valence electrons. The zero-order valence-electron chi connectivity index (χ0n) is 14.9. The molecule has 28 heavy (non-hydrogen) atoms. The van der Waals surface area contributed by atoms with Crippen LogP contribution in [-0.4, -0.2) is 24.7 Å². The van der Waals surface area contributed by atoms with Gasteiger partial charge in [0.15, 0.2) is 0 Å². The van der Waals surface area contributed by atoms with Crippen LogP contribution in [0.15, 0.2) is 83.8 Å². The highest BCUT2D eigenvalue weighted by atomic mass is 32.2. The predicted octanol–water partition coefficient (Wildman–Crippen LogP) is 4.14. The summed E-state index contributed by atoms with van der Waals surface area (Å²) in [5.74, 6) is -1.09. The molecule has 0 saturated heterocycles. The summed E-state index contributed by atoms with van der Waals surface area (Å²) in [5, 5.41) is 11.0. The van der Waals surface area contributed by atoms with Crippen molar-refractivity contribution in [1.82, 2.24) is 4.31 Å². The molecule has 0 fully saturated rings. The second-order valence-corrected chi connectivity index (χ2v) is 8.11. The summed E-state index contributed by atoms with van der Waals surface area (Å²) in [6.07, 6.45) is 0. The summed E-state index contributed by atoms with van der Waals surface area (Å²) < 4.78 is 41.2. The average Bonchev–Trinajstić information content (AvgIpc) is 2.69. The van der Waals surface area contributed by atoms with E-state index in [1.165, 1.54) is 7.05 Å². The van der Waals surface area contributed by atoms with Crippen LogP contribution in [0.2, 0.25) is 0 Å². The van der Waals surface area contributed by atoms with Crippen molar-refractivity contribution < 1.29 is 17.7 Å². The van der Waals surface area contributed by atoms with E-state index in [-0.39, 0.29) is 4.90 Å². The van der Waals surface area contributed by atoms with Gasteiger partial charge in [-0.05, 0) is 23.3 Å². The van der Waals surface area contributed by atoms with Crippen molar-refractivity contribution in [2.45, 2.75) is 10.9 Å². The number of hydrogen-bond acceptors (Lipinski definition) is 4. The Bertz CT molecular complexity index is 1050. The highest BCUT2D eigenvalue weighted by molar-refractivity contribution is 7.89. The smallest absolute Gasteiger partial charge is 0.258 e. The van der Waals surface area contributed by atoms with Gasteiger partial charge in [-0.15, -0.1) is 0 Å². The molecular formula is C20H17FN2O4S. The molecule has 0 atom stereocenters. The molecule has 0 N–H and O–H groups in total. The normalized spacial score (nSPS) is 11.7. The van der Waals surface area contributed by atoms with Gasteiger partial charge in [-0.25, -0.2) is 8.42 Å². The number of sulfonamides is 1. The first-order chi connectivity index (χ1) is 13.3. The second kappa shape index (κ2) is 7.87. The Balaban J connectivity index is 2.11. The molecule has 8 heteroatoms.